The molecule has 0 spiro atoms. The molecule has 1 amide bonds. The van der Waals surface area contributed by atoms with E-state index in [1.165, 1.54) is 0 Å². The van der Waals surface area contributed by atoms with Gasteiger partial charge in [-0.3, -0.25) is 4.79 Å². The zero-order valence-corrected chi connectivity index (χ0v) is 17.2. The van der Waals surface area contributed by atoms with E-state index in [0.717, 1.165) is 22.6 Å². The summed E-state index contributed by atoms with van der Waals surface area (Å²) in [7, 11) is 0. The van der Waals surface area contributed by atoms with Gasteiger partial charge in [-0.25, -0.2) is 0 Å². The van der Waals surface area contributed by atoms with Gasteiger partial charge in [0.05, 0.1) is 5.56 Å². The van der Waals surface area contributed by atoms with E-state index in [-0.39, 0.29) is 5.91 Å². The first-order valence-corrected chi connectivity index (χ1v) is 10.3. The van der Waals surface area contributed by atoms with Gasteiger partial charge in [-0.1, -0.05) is 67.6 Å². The number of carbonyl (C=O) groups excluding carboxylic acids is 1. The van der Waals surface area contributed by atoms with Crippen molar-refractivity contribution < 1.29 is 9.53 Å². The SMILES string of the molecule is C=CCN1C(=O)c2ccccc2NC1(CC)c1ccc(OCc2ccccc2)cc1. The number of anilines is 1. The average Bonchev–Trinajstić information content (AvgIpc) is 2.80. The molecule has 0 saturated carbocycles. The van der Waals surface area contributed by atoms with Crippen LogP contribution in [0.1, 0.15) is 34.8 Å². The fraction of sp³-hybridized carbons (Fsp3) is 0.192. The number of hydrogen-bond donors (Lipinski definition) is 1. The molecule has 0 aromatic heterocycles. The molecule has 0 bridgehead atoms. The first kappa shape index (κ1) is 19.8. The molecule has 1 aliphatic rings. The second-order valence-electron chi connectivity index (χ2n) is 7.39. The Morgan fingerprint density at radius 1 is 1.00 bits per heavy atom. The molecular weight excluding hydrogens is 372 g/mol. The molecule has 1 aliphatic heterocycles. The third-order valence-corrected chi connectivity index (χ3v) is 5.61. The number of amides is 1. The van der Waals surface area contributed by atoms with Gasteiger partial charge >= 0.3 is 0 Å². The summed E-state index contributed by atoms with van der Waals surface area (Å²) < 4.78 is 5.94. The lowest BCUT2D eigenvalue weighted by Gasteiger charge is -2.48. The van der Waals surface area contributed by atoms with Crippen molar-refractivity contribution in [3.05, 3.63) is 108 Å². The summed E-state index contributed by atoms with van der Waals surface area (Å²) in [5.74, 6) is 0.808. The van der Waals surface area contributed by atoms with Gasteiger partial charge in [-0.05, 0) is 41.8 Å². The molecule has 0 aliphatic carbocycles. The van der Waals surface area contributed by atoms with Crippen LogP contribution in [0.4, 0.5) is 5.69 Å². The van der Waals surface area contributed by atoms with Crippen molar-refractivity contribution in [1.29, 1.82) is 0 Å². The molecule has 4 nitrogen and oxygen atoms in total. The number of ether oxygens (including phenoxy) is 1. The van der Waals surface area contributed by atoms with Crippen LogP contribution in [0, 0.1) is 0 Å². The summed E-state index contributed by atoms with van der Waals surface area (Å²) in [6.07, 6.45) is 2.49. The van der Waals surface area contributed by atoms with Crippen molar-refractivity contribution in [2.45, 2.75) is 25.6 Å². The van der Waals surface area contributed by atoms with Gasteiger partial charge in [0.25, 0.3) is 5.91 Å². The summed E-state index contributed by atoms with van der Waals surface area (Å²) in [5, 5.41) is 3.64. The van der Waals surface area contributed by atoms with Crippen molar-refractivity contribution in [1.82, 2.24) is 4.90 Å². The maximum atomic E-state index is 13.3. The fourth-order valence-corrected chi connectivity index (χ4v) is 4.03. The number of para-hydroxylation sites is 1. The Balaban J connectivity index is 1.64. The van der Waals surface area contributed by atoms with Gasteiger partial charge in [-0.2, -0.15) is 0 Å². The second kappa shape index (κ2) is 8.46. The van der Waals surface area contributed by atoms with Crippen molar-refractivity contribution in [3.8, 4) is 5.75 Å². The number of hydrogen-bond acceptors (Lipinski definition) is 3. The van der Waals surface area contributed by atoms with Crippen LogP contribution in [0.5, 0.6) is 5.75 Å². The highest BCUT2D eigenvalue weighted by atomic mass is 16.5. The molecule has 3 aromatic rings. The van der Waals surface area contributed by atoms with Gasteiger partial charge < -0.3 is 15.0 Å². The molecule has 3 aromatic carbocycles. The maximum Gasteiger partial charge on any atom is 0.258 e. The van der Waals surface area contributed by atoms with E-state index < -0.39 is 5.66 Å². The van der Waals surface area contributed by atoms with Gasteiger partial charge in [0, 0.05) is 12.2 Å². The zero-order chi connectivity index (χ0) is 21.0. The van der Waals surface area contributed by atoms with E-state index in [4.69, 9.17) is 4.74 Å². The number of rotatable bonds is 7. The smallest absolute Gasteiger partial charge is 0.258 e. The largest absolute Gasteiger partial charge is 0.489 e. The Bertz CT molecular complexity index is 1030. The predicted octanol–water partition coefficient (Wildman–Crippen LogP) is 5.58. The van der Waals surface area contributed by atoms with Crippen LogP contribution in [0.2, 0.25) is 0 Å². The van der Waals surface area contributed by atoms with E-state index in [1.54, 1.807) is 6.08 Å². The van der Waals surface area contributed by atoms with Crippen LogP contribution in [-0.4, -0.2) is 17.4 Å². The average molecular weight is 399 g/mol. The summed E-state index contributed by atoms with van der Waals surface area (Å²) in [6.45, 7) is 6.93. The third kappa shape index (κ3) is 3.57. The molecule has 1 N–H and O–H groups in total. The third-order valence-electron chi connectivity index (χ3n) is 5.61. The summed E-state index contributed by atoms with van der Waals surface area (Å²) in [4.78, 5) is 15.2. The molecule has 1 atom stereocenters. The normalized spacial score (nSPS) is 17.8. The van der Waals surface area contributed by atoms with Gasteiger partial charge in [0.15, 0.2) is 0 Å². The van der Waals surface area contributed by atoms with Crippen molar-refractivity contribution in [2.75, 3.05) is 11.9 Å². The van der Waals surface area contributed by atoms with Gasteiger partial charge in [0.1, 0.15) is 18.0 Å². The molecular formula is C26H26N2O2. The molecule has 1 heterocycles. The van der Waals surface area contributed by atoms with Crippen LogP contribution in [0.3, 0.4) is 0 Å². The van der Waals surface area contributed by atoms with E-state index in [2.05, 4.69) is 18.8 Å². The Hall–Kier alpha value is -3.53. The lowest BCUT2D eigenvalue weighted by molar-refractivity contribution is 0.0524. The van der Waals surface area contributed by atoms with Crippen LogP contribution in [0.25, 0.3) is 0 Å². The van der Waals surface area contributed by atoms with Gasteiger partial charge in [0.2, 0.25) is 0 Å². The number of nitrogens with zero attached hydrogens (tertiary/aromatic N) is 1. The highest BCUT2D eigenvalue weighted by molar-refractivity contribution is 6.02. The molecule has 0 saturated heterocycles. The van der Waals surface area contributed by atoms with E-state index >= 15 is 0 Å². The molecule has 4 heteroatoms. The topological polar surface area (TPSA) is 41.6 Å². The monoisotopic (exact) mass is 398 g/mol. The molecule has 30 heavy (non-hydrogen) atoms. The molecule has 1 unspecified atom stereocenters. The van der Waals surface area contributed by atoms with E-state index in [0.29, 0.717) is 25.1 Å². The van der Waals surface area contributed by atoms with Crippen LogP contribution in [0.15, 0.2) is 91.5 Å². The van der Waals surface area contributed by atoms with Crippen LogP contribution in [-0.2, 0) is 12.3 Å². The lowest BCUT2D eigenvalue weighted by atomic mass is 9.89. The first-order chi connectivity index (χ1) is 14.7. The molecule has 4 rings (SSSR count). The Labute approximate surface area is 177 Å². The summed E-state index contributed by atoms with van der Waals surface area (Å²) in [6, 6.07) is 25.8. The molecule has 0 radical (unpaired) electrons. The van der Waals surface area contributed by atoms with Crippen LogP contribution < -0.4 is 10.1 Å². The minimum atomic E-state index is -0.641. The number of benzene rings is 3. The van der Waals surface area contributed by atoms with Crippen molar-refractivity contribution in [3.63, 3.8) is 0 Å². The van der Waals surface area contributed by atoms with E-state index in [9.17, 15) is 4.79 Å². The molecule has 0 fully saturated rings. The minimum absolute atomic E-state index is 0.00973. The number of carbonyl (C=O) groups is 1. The predicted molar refractivity (Wildman–Crippen MR) is 120 cm³/mol. The highest BCUT2D eigenvalue weighted by Crippen LogP contribution is 2.40. The minimum Gasteiger partial charge on any atom is -0.489 e. The number of fused-ring (bicyclic) bond motifs is 1. The quantitative estimate of drug-likeness (QED) is 0.528. The molecule has 152 valence electrons. The van der Waals surface area contributed by atoms with Crippen molar-refractivity contribution >= 4 is 11.6 Å². The summed E-state index contributed by atoms with van der Waals surface area (Å²) >= 11 is 0. The Morgan fingerprint density at radius 2 is 1.70 bits per heavy atom. The fourth-order valence-electron chi connectivity index (χ4n) is 4.03. The Kier molecular flexibility index (Phi) is 5.57. The standard InChI is InChI=1S/C26H26N2O2/c1-3-18-28-25(29)23-12-8-9-13-24(23)27-26(28,4-2)21-14-16-22(17-15-21)30-19-20-10-6-5-7-11-20/h3,5-17,27H,1,4,18-19H2,2H3. The Morgan fingerprint density at radius 3 is 2.40 bits per heavy atom. The number of nitrogens with one attached hydrogen (secondary N) is 1. The second-order valence-corrected chi connectivity index (χ2v) is 7.39. The lowest BCUT2D eigenvalue weighted by Crippen LogP contribution is -2.57. The highest BCUT2D eigenvalue weighted by Gasteiger charge is 2.44. The van der Waals surface area contributed by atoms with Crippen LogP contribution >= 0.6 is 0 Å². The van der Waals surface area contributed by atoms with Gasteiger partial charge in [-0.15, -0.1) is 6.58 Å². The summed E-state index contributed by atoms with van der Waals surface area (Å²) in [5.41, 5.74) is 3.04. The zero-order valence-electron chi connectivity index (χ0n) is 17.2. The van der Waals surface area contributed by atoms with E-state index in [1.807, 2.05) is 83.8 Å². The maximum absolute atomic E-state index is 13.3. The van der Waals surface area contributed by atoms with Crippen molar-refractivity contribution in [2.24, 2.45) is 0 Å². The first-order valence-electron chi connectivity index (χ1n) is 10.3.